The number of amides is 1. The molecule has 0 atom stereocenters. The number of nitrogens with one attached hydrogen (secondary N) is 1. The zero-order chi connectivity index (χ0) is 14.9. The lowest BCUT2D eigenvalue weighted by Crippen LogP contribution is -2.37. The quantitative estimate of drug-likeness (QED) is 0.842. The molecule has 0 aliphatic rings. The van der Waals surface area contributed by atoms with Crippen LogP contribution in [0.5, 0.6) is 0 Å². The first-order valence-corrected chi connectivity index (χ1v) is 6.23. The molecule has 0 aliphatic carbocycles. The van der Waals surface area contributed by atoms with Gasteiger partial charge in [-0.15, -0.1) is 0 Å². The van der Waals surface area contributed by atoms with E-state index in [4.69, 9.17) is 5.11 Å². The van der Waals surface area contributed by atoms with Gasteiger partial charge in [-0.05, 0) is 32.9 Å². The van der Waals surface area contributed by atoms with E-state index in [1.807, 2.05) is 25.1 Å². The van der Waals surface area contributed by atoms with Crippen molar-refractivity contribution in [2.75, 3.05) is 5.32 Å². The fourth-order valence-corrected chi connectivity index (χ4v) is 1.72. The lowest BCUT2D eigenvalue weighted by molar-refractivity contribution is -0.151. The smallest absolute Gasteiger partial charge is 0.318 e. The van der Waals surface area contributed by atoms with Gasteiger partial charge in [0.25, 0.3) is 0 Å². The molecule has 5 heteroatoms. The number of anilines is 1. The summed E-state index contributed by atoms with van der Waals surface area (Å²) >= 11 is 0. The number of aryl methyl sites for hydroxylation is 1. The molecule has 0 saturated carbocycles. The van der Waals surface area contributed by atoms with E-state index in [2.05, 4.69) is 10.3 Å². The molecular formula is C15H16N2O3. The van der Waals surface area contributed by atoms with Crippen LogP contribution in [0.25, 0.3) is 10.9 Å². The van der Waals surface area contributed by atoms with Crippen LogP contribution in [-0.4, -0.2) is 22.0 Å². The van der Waals surface area contributed by atoms with Gasteiger partial charge < -0.3 is 10.4 Å². The number of carboxylic acids is 1. The SMILES string of the molecule is Cc1ccc2cccc(NC(=O)C(C)(C)C(=O)O)c2n1. The Morgan fingerprint density at radius 2 is 1.90 bits per heavy atom. The molecule has 1 aromatic heterocycles. The number of benzene rings is 1. The van der Waals surface area contributed by atoms with Gasteiger partial charge in [0.05, 0.1) is 11.2 Å². The minimum atomic E-state index is -1.49. The van der Waals surface area contributed by atoms with Gasteiger partial charge in [-0.25, -0.2) is 0 Å². The van der Waals surface area contributed by atoms with E-state index in [1.54, 1.807) is 12.1 Å². The predicted octanol–water partition coefficient (Wildman–Crippen LogP) is 2.59. The zero-order valence-electron chi connectivity index (χ0n) is 11.6. The number of para-hydroxylation sites is 1. The summed E-state index contributed by atoms with van der Waals surface area (Å²) in [5, 5.41) is 12.6. The predicted molar refractivity (Wildman–Crippen MR) is 76.5 cm³/mol. The minimum Gasteiger partial charge on any atom is -0.480 e. The van der Waals surface area contributed by atoms with E-state index in [1.165, 1.54) is 13.8 Å². The monoisotopic (exact) mass is 272 g/mol. The van der Waals surface area contributed by atoms with E-state index < -0.39 is 17.3 Å². The summed E-state index contributed by atoms with van der Waals surface area (Å²) in [5.41, 5.74) is 0.510. The highest BCUT2D eigenvalue weighted by Gasteiger charge is 2.36. The van der Waals surface area contributed by atoms with Crippen LogP contribution >= 0.6 is 0 Å². The number of nitrogens with zero attached hydrogens (tertiary/aromatic N) is 1. The fraction of sp³-hybridized carbons (Fsp3) is 0.267. The number of aromatic nitrogens is 1. The Labute approximate surface area is 116 Å². The summed E-state index contributed by atoms with van der Waals surface area (Å²) in [6, 6.07) is 9.19. The molecular weight excluding hydrogens is 256 g/mol. The molecule has 104 valence electrons. The van der Waals surface area contributed by atoms with E-state index >= 15 is 0 Å². The summed E-state index contributed by atoms with van der Waals surface area (Å²) < 4.78 is 0. The maximum atomic E-state index is 12.1. The van der Waals surface area contributed by atoms with Crippen molar-refractivity contribution in [3.8, 4) is 0 Å². The minimum absolute atomic E-state index is 0.519. The van der Waals surface area contributed by atoms with Crippen molar-refractivity contribution >= 4 is 28.5 Å². The number of fused-ring (bicyclic) bond motifs is 1. The largest absolute Gasteiger partial charge is 0.480 e. The summed E-state index contributed by atoms with van der Waals surface area (Å²) in [4.78, 5) is 27.6. The molecule has 2 rings (SSSR count). The molecule has 0 saturated heterocycles. The Hall–Kier alpha value is -2.43. The summed E-state index contributed by atoms with van der Waals surface area (Å²) in [7, 11) is 0. The lowest BCUT2D eigenvalue weighted by Gasteiger charge is -2.19. The van der Waals surface area contributed by atoms with Crippen molar-refractivity contribution in [2.24, 2.45) is 5.41 Å². The van der Waals surface area contributed by atoms with Gasteiger partial charge in [0, 0.05) is 11.1 Å². The normalized spacial score (nSPS) is 11.3. The molecule has 0 radical (unpaired) electrons. The molecule has 0 aliphatic heterocycles. The van der Waals surface area contributed by atoms with Crippen molar-refractivity contribution in [1.29, 1.82) is 0 Å². The van der Waals surface area contributed by atoms with Gasteiger partial charge in [0.15, 0.2) is 0 Å². The van der Waals surface area contributed by atoms with Crippen LogP contribution in [0.1, 0.15) is 19.5 Å². The van der Waals surface area contributed by atoms with Gasteiger partial charge in [-0.2, -0.15) is 0 Å². The molecule has 1 heterocycles. The second kappa shape index (κ2) is 4.92. The van der Waals surface area contributed by atoms with Crippen LogP contribution in [0, 0.1) is 12.3 Å². The average Bonchev–Trinajstić information content (AvgIpc) is 2.39. The van der Waals surface area contributed by atoms with Gasteiger partial charge in [-0.3, -0.25) is 14.6 Å². The number of pyridine rings is 1. The summed E-state index contributed by atoms with van der Waals surface area (Å²) in [6.45, 7) is 4.60. The number of carbonyl (C=O) groups is 2. The molecule has 0 spiro atoms. The summed E-state index contributed by atoms with van der Waals surface area (Å²) in [5.74, 6) is -1.74. The van der Waals surface area contributed by atoms with Crippen molar-refractivity contribution in [3.05, 3.63) is 36.0 Å². The van der Waals surface area contributed by atoms with Crippen LogP contribution in [0.15, 0.2) is 30.3 Å². The summed E-state index contributed by atoms with van der Waals surface area (Å²) in [6.07, 6.45) is 0. The second-order valence-corrected chi connectivity index (χ2v) is 5.21. The number of carboxylic acid groups (broad SMARTS) is 1. The second-order valence-electron chi connectivity index (χ2n) is 5.21. The van der Waals surface area contributed by atoms with Crippen molar-refractivity contribution < 1.29 is 14.7 Å². The number of aliphatic carboxylic acids is 1. The van der Waals surface area contributed by atoms with Crippen LogP contribution in [0.4, 0.5) is 5.69 Å². The van der Waals surface area contributed by atoms with Crippen molar-refractivity contribution in [3.63, 3.8) is 0 Å². The average molecular weight is 272 g/mol. The molecule has 1 aromatic carbocycles. The molecule has 2 N–H and O–H groups in total. The topological polar surface area (TPSA) is 79.3 Å². The van der Waals surface area contributed by atoms with E-state index in [-0.39, 0.29) is 0 Å². The molecule has 0 fully saturated rings. The van der Waals surface area contributed by atoms with Crippen LogP contribution in [-0.2, 0) is 9.59 Å². The van der Waals surface area contributed by atoms with Crippen LogP contribution in [0.2, 0.25) is 0 Å². The molecule has 2 aromatic rings. The Morgan fingerprint density at radius 3 is 2.55 bits per heavy atom. The molecule has 5 nitrogen and oxygen atoms in total. The molecule has 20 heavy (non-hydrogen) atoms. The highest BCUT2D eigenvalue weighted by Crippen LogP contribution is 2.24. The molecule has 0 bridgehead atoms. The number of hydrogen-bond donors (Lipinski definition) is 2. The third kappa shape index (κ3) is 2.47. The first-order valence-electron chi connectivity index (χ1n) is 6.23. The number of hydrogen-bond acceptors (Lipinski definition) is 3. The fourth-order valence-electron chi connectivity index (χ4n) is 1.72. The molecule has 0 unspecified atom stereocenters. The van der Waals surface area contributed by atoms with Crippen molar-refractivity contribution in [2.45, 2.75) is 20.8 Å². The van der Waals surface area contributed by atoms with E-state index in [0.717, 1.165) is 11.1 Å². The Kier molecular flexibility index (Phi) is 3.44. The standard InChI is InChI=1S/C15H16N2O3/c1-9-7-8-10-5-4-6-11(12(10)16-9)17-13(18)15(2,3)14(19)20/h4-8H,1-3H3,(H,17,18)(H,19,20). The highest BCUT2D eigenvalue weighted by atomic mass is 16.4. The van der Waals surface area contributed by atoms with E-state index in [0.29, 0.717) is 11.2 Å². The Morgan fingerprint density at radius 1 is 1.20 bits per heavy atom. The molecule has 1 amide bonds. The van der Waals surface area contributed by atoms with Gasteiger partial charge in [0.1, 0.15) is 5.41 Å². The van der Waals surface area contributed by atoms with Crippen LogP contribution in [0.3, 0.4) is 0 Å². The van der Waals surface area contributed by atoms with Gasteiger partial charge >= 0.3 is 5.97 Å². The number of rotatable bonds is 3. The maximum absolute atomic E-state index is 12.1. The first kappa shape index (κ1) is 14.0. The van der Waals surface area contributed by atoms with Crippen LogP contribution < -0.4 is 5.32 Å². The zero-order valence-corrected chi connectivity index (χ0v) is 11.6. The van der Waals surface area contributed by atoms with Gasteiger partial charge in [-0.1, -0.05) is 18.2 Å². The van der Waals surface area contributed by atoms with E-state index in [9.17, 15) is 9.59 Å². The maximum Gasteiger partial charge on any atom is 0.318 e. The number of carbonyl (C=O) groups excluding carboxylic acids is 1. The lowest BCUT2D eigenvalue weighted by atomic mass is 9.92. The van der Waals surface area contributed by atoms with Gasteiger partial charge in [0.2, 0.25) is 5.91 Å². The Bertz CT molecular complexity index is 693. The highest BCUT2D eigenvalue weighted by molar-refractivity contribution is 6.10. The first-order chi connectivity index (χ1) is 9.32. The Balaban J connectivity index is 2.42. The third-order valence-electron chi connectivity index (χ3n) is 3.21. The third-order valence-corrected chi connectivity index (χ3v) is 3.21. The van der Waals surface area contributed by atoms with Crippen molar-refractivity contribution in [1.82, 2.24) is 4.98 Å².